The number of allylic oxidation sites excluding steroid dienone is 6. The summed E-state index contributed by atoms with van der Waals surface area (Å²) in [6, 6.07) is 43.8. The van der Waals surface area contributed by atoms with Gasteiger partial charge >= 0.3 is 0 Å². The van der Waals surface area contributed by atoms with Crippen LogP contribution in [-0.2, 0) is 23.1 Å². The van der Waals surface area contributed by atoms with Gasteiger partial charge in [-0.15, -0.1) is 0 Å². The first-order valence-electron chi connectivity index (χ1n) is 20.1. The van der Waals surface area contributed by atoms with Crippen LogP contribution in [0.25, 0.3) is 37.8 Å². The first kappa shape index (κ1) is 37.0. The largest absolute Gasteiger partial charge is 0.335 e. The average molecular weight is 816 g/mol. The zero-order valence-corrected chi connectivity index (χ0v) is 34.5. The summed E-state index contributed by atoms with van der Waals surface area (Å²) >= 11 is 3.63. The third kappa shape index (κ3) is 7.46. The molecule has 10 rings (SSSR count). The van der Waals surface area contributed by atoms with Gasteiger partial charge in [-0.2, -0.15) is 13.0 Å². The quantitative estimate of drug-likeness (QED) is 0.116. The Labute approximate surface area is 348 Å². The summed E-state index contributed by atoms with van der Waals surface area (Å²) in [7, 11) is -4.39. The lowest BCUT2D eigenvalue weighted by atomic mass is 9.77. The molecule has 2 aliphatic carbocycles. The second-order valence-electron chi connectivity index (χ2n) is 15.6. The van der Waals surface area contributed by atoms with E-state index in [4.69, 9.17) is 0 Å². The minimum absolute atomic E-state index is 0.0515. The zero-order chi connectivity index (χ0) is 39.2. The summed E-state index contributed by atoms with van der Waals surface area (Å²) in [4.78, 5) is 3.82. The number of nitrogens with zero attached hydrogens (tertiary/aromatic N) is 2. The van der Waals surface area contributed by atoms with Crippen LogP contribution in [0.2, 0.25) is 0 Å². The monoisotopic (exact) mass is 815 g/mol. The van der Waals surface area contributed by atoms with Crippen molar-refractivity contribution in [3.05, 3.63) is 184 Å². The maximum Gasteiger partial charge on any atom is 0.295 e. The molecule has 0 saturated heterocycles. The molecular formula is C50H43N2O3S3+. The standard InChI is InChI=1S/C50H42N2O3S3/c53-58(54,55)48-19-9-8-18-42(48)33-52-45-30-39-15-5-7-17-41(39)32-47(45)57-50(52)28-36-21-23-37-22-20-35(25-43(37)26-36)27-49-51(24-10-13-34-11-2-1-3-12-34)44-29-38-14-4-6-16-40(38)31-46(44)56-49/h1-9,11-12,14-19,25-32,37H,10,13,20-24,33H2/p+1. The average Bonchev–Trinajstić information content (AvgIpc) is 3.73. The lowest BCUT2D eigenvalue weighted by Crippen LogP contribution is -2.36. The Kier molecular flexibility index (Phi) is 9.90. The van der Waals surface area contributed by atoms with E-state index in [-0.39, 0.29) is 4.90 Å². The molecule has 0 fully saturated rings. The fourth-order valence-electron chi connectivity index (χ4n) is 8.88. The van der Waals surface area contributed by atoms with Gasteiger partial charge in [0.25, 0.3) is 15.1 Å². The van der Waals surface area contributed by atoms with E-state index in [1.165, 1.54) is 60.1 Å². The zero-order valence-electron chi connectivity index (χ0n) is 32.1. The van der Waals surface area contributed by atoms with Crippen molar-refractivity contribution >= 4 is 76.7 Å². The first-order valence-corrected chi connectivity index (χ1v) is 23.2. The van der Waals surface area contributed by atoms with Crippen LogP contribution >= 0.6 is 23.1 Å². The highest BCUT2D eigenvalue weighted by Gasteiger charge is 2.29. The Morgan fingerprint density at radius 2 is 1.45 bits per heavy atom. The molecule has 1 aromatic heterocycles. The van der Waals surface area contributed by atoms with Crippen molar-refractivity contribution < 1.29 is 17.5 Å². The van der Waals surface area contributed by atoms with E-state index in [0.717, 1.165) is 65.7 Å². The number of aryl methyl sites for hydroxylation is 1. The molecule has 1 atom stereocenters. The van der Waals surface area contributed by atoms with Crippen molar-refractivity contribution in [2.24, 2.45) is 5.92 Å². The van der Waals surface area contributed by atoms with E-state index in [9.17, 15) is 13.0 Å². The Morgan fingerprint density at radius 3 is 2.24 bits per heavy atom. The van der Waals surface area contributed by atoms with Crippen molar-refractivity contribution in [1.82, 2.24) is 0 Å². The van der Waals surface area contributed by atoms with Crippen LogP contribution in [0.5, 0.6) is 0 Å². The lowest BCUT2D eigenvalue weighted by Gasteiger charge is -2.29. The number of anilines is 1. The van der Waals surface area contributed by atoms with Crippen molar-refractivity contribution in [3.63, 3.8) is 0 Å². The van der Waals surface area contributed by atoms with E-state index in [2.05, 4.69) is 131 Å². The minimum atomic E-state index is -4.39. The minimum Gasteiger partial charge on any atom is -0.335 e. The molecule has 0 amide bonds. The summed E-state index contributed by atoms with van der Waals surface area (Å²) in [5, 5.41) is 7.22. The molecule has 0 saturated carbocycles. The van der Waals surface area contributed by atoms with E-state index >= 15 is 0 Å². The van der Waals surface area contributed by atoms with Crippen LogP contribution < -0.4 is 9.47 Å². The Balaban J connectivity index is 0.997. The number of fused-ring (bicyclic) bond motifs is 5. The Bertz CT molecular complexity index is 2980. The number of aromatic nitrogens is 1. The van der Waals surface area contributed by atoms with Crippen LogP contribution in [0.1, 0.15) is 48.2 Å². The topological polar surface area (TPSA) is 61.5 Å². The van der Waals surface area contributed by atoms with Crippen LogP contribution in [0, 0.1) is 5.92 Å². The molecule has 0 spiro atoms. The fraction of sp³-hybridized carbons (Fsp3) is 0.180. The molecule has 0 radical (unpaired) electrons. The van der Waals surface area contributed by atoms with Gasteiger partial charge in [-0.3, -0.25) is 4.55 Å². The van der Waals surface area contributed by atoms with E-state index in [1.807, 2.05) is 23.9 Å². The molecule has 6 aromatic carbocycles. The van der Waals surface area contributed by atoms with Gasteiger partial charge in [0.15, 0.2) is 6.54 Å². The Morgan fingerprint density at radius 1 is 0.759 bits per heavy atom. The summed E-state index contributed by atoms with van der Waals surface area (Å²) in [6.45, 7) is 1.28. The molecular weight excluding hydrogens is 773 g/mol. The number of hydrogen-bond donors (Lipinski definition) is 1. The molecule has 5 nitrogen and oxygen atoms in total. The number of thiazole rings is 1. The highest BCUT2D eigenvalue weighted by molar-refractivity contribution is 8.03. The number of benzene rings is 6. The van der Waals surface area contributed by atoms with Crippen LogP contribution in [0.4, 0.5) is 5.69 Å². The maximum absolute atomic E-state index is 12.4. The molecule has 2 heterocycles. The first-order chi connectivity index (χ1) is 28.3. The third-order valence-electron chi connectivity index (χ3n) is 11.8. The summed E-state index contributed by atoms with van der Waals surface area (Å²) < 4.78 is 38.3. The number of rotatable bonds is 9. The highest BCUT2D eigenvalue weighted by atomic mass is 32.2. The van der Waals surface area contributed by atoms with E-state index < -0.39 is 10.1 Å². The number of thioether (sulfide) groups is 1. The van der Waals surface area contributed by atoms with Crippen molar-refractivity contribution in [2.45, 2.75) is 54.9 Å². The number of hydrogen-bond acceptors (Lipinski definition) is 5. The Hall–Kier alpha value is -5.25. The lowest BCUT2D eigenvalue weighted by molar-refractivity contribution is -0.660. The van der Waals surface area contributed by atoms with Gasteiger partial charge in [0.2, 0.25) is 5.52 Å². The van der Waals surface area contributed by atoms with Crippen molar-refractivity contribution in [3.8, 4) is 0 Å². The SMILES string of the molecule is O=S(=O)(O)c1ccccc1C[n+]1c(/C=C2/C=C3C=C(/C=C4\Sc5cc6ccccc6cc5N4CCCc4ccccc4)CCC3CC2)sc2cc3ccccc3cc21. The van der Waals surface area contributed by atoms with Crippen LogP contribution in [0.3, 0.4) is 0 Å². The van der Waals surface area contributed by atoms with Crippen molar-refractivity contribution in [2.75, 3.05) is 11.4 Å². The molecule has 288 valence electrons. The van der Waals surface area contributed by atoms with Gasteiger partial charge in [-0.1, -0.05) is 132 Å². The molecule has 1 unspecified atom stereocenters. The fourth-order valence-corrected chi connectivity index (χ4v) is 12.0. The summed E-state index contributed by atoms with van der Waals surface area (Å²) in [6.07, 6.45) is 16.0. The molecule has 8 heteroatoms. The van der Waals surface area contributed by atoms with E-state index in [0.29, 0.717) is 18.0 Å². The predicted octanol–water partition coefficient (Wildman–Crippen LogP) is 12.3. The molecule has 0 bridgehead atoms. The van der Waals surface area contributed by atoms with Crippen LogP contribution in [0.15, 0.2) is 177 Å². The second-order valence-corrected chi connectivity index (χ2v) is 19.1. The van der Waals surface area contributed by atoms with E-state index in [1.54, 1.807) is 23.5 Å². The van der Waals surface area contributed by atoms with Crippen LogP contribution in [-0.4, -0.2) is 19.5 Å². The third-order valence-corrected chi connectivity index (χ3v) is 15.0. The maximum atomic E-state index is 12.4. The normalized spacial score (nSPS) is 18.2. The smallest absolute Gasteiger partial charge is 0.295 e. The molecule has 3 aliphatic rings. The highest BCUT2D eigenvalue weighted by Crippen LogP contribution is 2.49. The molecule has 1 aliphatic heterocycles. The summed E-state index contributed by atoms with van der Waals surface area (Å²) in [5.41, 5.74) is 8.35. The summed E-state index contributed by atoms with van der Waals surface area (Å²) in [5.74, 6) is 0.543. The van der Waals surface area contributed by atoms with Crippen molar-refractivity contribution in [1.29, 1.82) is 0 Å². The molecule has 7 aromatic rings. The van der Waals surface area contributed by atoms with Gasteiger partial charge in [-0.25, -0.2) is 0 Å². The molecule has 1 N–H and O–H groups in total. The second kappa shape index (κ2) is 15.5. The molecule has 58 heavy (non-hydrogen) atoms. The van der Waals surface area contributed by atoms with Gasteiger partial charge in [0.05, 0.1) is 10.7 Å². The van der Waals surface area contributed by atoms with Gasteiger partial charge in [0, 0.05) is 29.1 Å². The van der Waals surface area contributed by atoms with Gasteiger partial charge < -0.3 is 4.90 Å². The predicted molar refractivity (Wildman–Crippen MR) is 241 cm³/mol. The van der Waals surface area contributed by atoms with Gasteiger partial charge in [-0.05, 0) is 119 Å². The van der Waals surface area contributed by atoms with Gasteiger partial charge in [0.1, 0.15) is 9.60 Å².